The van der Waals surface area contributed by atoms with Crippen molar-refractivity contribution in [1.82, 2.24) is 4.98 Å². The molecule has 0 saturated heterocycles. The minimum Gasteiger partial charge on any atom is -0.480 e. The number of aryl methyl sites for hydroxylation is 2. The molecule has 2 rings (SSSR count). The van der Waals surface area contributed by atoms with Gasteiger partial charge in [0, 0.05) is 17.5 Å². The van der Waals surface area contributed by atoms with Gasteiger partial charge in [0.25, 0.3) is 0 Å². The van der Waals surface area contributed by atoms with Gasteiger partial charge in [0.2, 0.25) is 5.91 Å². The number of aliphatic carboxylic acids is 1. The highest BCUT2D eigenvalue weighted by atomic mass is 32.1. The maximum Gasteiger partial charge on any atom is 0.323 e. The van der Waals surface area contributed by atoms with Gasteiger partial charge in [-0.1, -0.05) is 18.2 Å². The van der Waals surface area contributed by atoms with Gasteiger partial charge in [0.15, 0.2) is 0 Å². The van der Waals surface area contributed by atoms with Gasteiger partial charge in [-0.05, 0) is 31.9 Å². The molecule has 0 radical (unpaired) electrons. The number of nitrogens with zero attached hydrogens (tertiary/aromatic N) is 2. The average Bonchev–Trinajstić information content (AvgIpc) is 2.91. The van der Waals surface area contributed by atoms with Gasteiger partial charge in [-0.15, -0.1) is 11.3 Å². The highest BCUT2D eigenvalue weighted by Gasteiger charge is 2.18. The van der Waals surface area contributed by atoms with E-state index in [1.807, 2.05) is 18.4 Å². The maximum atomic E-state index is 12.3. The molecule has 22 heavy (non-hydrogen) atoms. The maximum absolute atomic E-state index is 12.3. The van der Waals surface area contributed by atoms with E-state index in [1.54, 1.807) is 35.6 Å². The minimum atomic E-state index is -1.02. The number of carboxylic acid groups (broad SMARTS) is 1. The Morgan fingerprint density at radius 3 is 2.59 bits per heavy atom. The second-order valence-corrected chi connectivity index (χ2v) is 5.98. The summed E-state index contributed by atoms with van der Waals surface area (Å²) < 4.78 is 0. The van der Waals surface area contributed by atoms with Crippen LogP contribution in [0.5, 0.6) is 0 Å². The molecule has 0 bridgehead atoms. The first-order valence-electron chi connectivity index (χ1n) is 7.04. The Hall–Kier alpha value is -2.21. The number of para-hydroxylation sites is 1. The smallest absolute Gasteiger partial charge is 0.323 e. The Morgan fingerprint density at radius 2 is 2.00 bits per heavy atom. The molecule has 0 saturated carbocycles. The molecule has 1 aromatic heterocycles. The van der Waals surface area contributed by atoms with E-state index < -0.39 is 5.97 Å². The number of benzene rings is 1. The zero-order chi connectivity index (χ0) is 15.9. The molecule has 0 atom stereocenters. The van der Waals surface area contributed by atoms with Gasteiger partial charge in [-0.25, -0.2) is 4.98 Å². The lowest BCUT2D eigenvalue weighted by atomic mass is 10.1. The molecule has 1 N–H and O–H groups in total. The van der Waals surface area contributed by atoms with Crippen LogP contribution in [-0.4, -0.2) is 28.5 Å². The van der Waals surface area contributed by atoms with Gasteiger partial charge in [0.05, 0.1) is 10.7 Å². The summed E-state index contributed by atoms with van der Waals surface area (Å²) in [5, 5.41) is 12.0. The van der Waals surface area contributed by atoms with Crippen molar-refractivity contribution in [3.63, 3.8) is 0 Å². The SMILES string of the molecule is Cc1nc(CCCC(=O)N(CC(=O)O)c2ccccc2)cs1. The fourth-order valence-electron chi connectivity index (χ4n) is 2.15. The number of rotatable bonds is 7. The highest BCUT2D eigenvalue weighted by molar-refractivity contribution is 7.09. The first-order chi connectivity index (χ1) is 10.6. The van der Waals surface area contributed by atoms with Gasteiger partial charge in [-0.2, -0.15) is 0 Å². The Bertz CT molecular complexity index is 640. The lowest BCUT2D eigenvalue weighted by Crippen LogP contribution is -2.35. The van der Waals surface area contributed by atoms with E-state index in [2.05, 4.69) is 4.98 Å². The number of hydrogen-bond acceptors (Lipinski definition) is 4. The van der Waals surface area contributed by atoms with E-state index in [9.17, 15) is 9.59 Å². The lowest BCUT2D eigenvalue weighted by Gasteiger charge is -2.20. The number of thiazole rings is 1. The Labute approximate surface area is 133 Å². The molecule has 1 amide bonds. The van der Waals surface area contributed by atoms with E-state index in [0.29, 0.717) is 18.5 Å². The van der Waals surface area contributed by atoms with E-state index >= 15 is 0 Å². The average molecular weight is 318 g/mol. The largest absolute Gasteiger partial charge is 0.480 e. The summed E-state index contributed by atoms with van der Waals surface area (Å²) in [4.78, 5) is 29.0. The van der Waals surface area contributed by atoms with Crippen LogP contribution in [0.25, 0.3) is 0 Å². The number of hydrogen-bond donors (Lipinski definition) is 1. The predicted molar refractivity (Wildman–Crippen MR) is 86.2 cm³/mol. The summed E-state index contributed by atoms with van der Waals surface area (Å²) >= 11 is 1.59. The molecule has 116 valence electrons. The van der Waals surface area contributed by atoms with Crippen molar-refractivity contribution in [3.8, 4) is 0 Å². The van der Waals surface area contributed by atoms with E-state index in [4.69, 9.17) is 5.11 Å². The number of carbonyl (C=O) groups excluding carboxylic acids is 1. The third-order valence-corrected chi connectivity index (χ3v) is 3.97. The molecule has 0 aliphatic carbocycles. The molecular weight excluding hydrogens is 300 g/mol. The van der Waals surface area contributed by atoms with Gasteiger partial charge in [-0.3, -0.25) is 9.59 Å². The van der Waals surface area contributed by atoms with Gasteiger partial charge in [0.1, 0.15) is 6.54 Å². The van der Waals surface area contributed by atoms with Crippen molar-refractivity contribution in [2.75, 3.05) is 11.4 Å². The molecule has 0 spiro atoms. The van der Waals surface area contributed by atoms with Crippen LogP contribution in [0, 0.1) is 6.92 Å². The zero-order valence-corrected chi connectivity index (χ0v) is 13.2. The van der Waals surface area contributed by atoms with Crippen molar-refractivity contribution in [3.05, 3.63) is 46.4 Å². The minimum absolute atomic E-state index is 0.180. The van der Waals surface area contributed by atoms with Crippen LogP contribution in [-0.2, 0) is 16.0 Å². The first kappa shape index (κ1) is 16.2. The van der Waals surface area contributed by atoms with E-state index in [-0.39, 0.29) is 12.5 Å². The Kier molecular flexibility index (Phi) is 5.66. The summed E-state index contributed by atoms with van der Waals surface area (Å²) in [6, 6.07) is 8.89. The number of aromatic nitrogens is 1. The number of carboxylic acids is 1. The van der Waals surface area contributed by atoms with Crippen LogP contribution in [0.3, 0.4) is 0 Å². The molecule has 5 nitrogen and oxygen atoms in total. The molecule has 0 aliphatic heterocycles. The molecule has 1 aromatic carbocycles. The Balaban J connectivity index is 1.95. The summed E-state index contributed by atoms with van der Waals surface area (Å²) in [6.07, 6.45) is 1.69. The van der Waals surface area contributed by atoms with Crippen molar-refractivity contribution in [2.45, 2.75) is 26.2 Å². The standard InChI is InChI=1S/C16H18N2O3S/c1-12-17-13(11-22-12)6-5-9-15(19)18(10-16(20)21)14-7-3-2-4-8-14/h2-4,7-8,11H,5-6,9-10H2,1H3,(H,20,21). The highest BCUT2D eigenvalue weighted by Crippen LogP contribution is 2.16. The number of anilines is 1. The number of carbonyl (C=O) groups is 2. The van der Waals surface area contributed by atoms with Crippen LogP contribution in [0.2, 0.25) is 0 Å². The summed E-state index contributed by atoms with van der Waals surface area (Å²) in [7, 11) is 0. The Morgan fingerprint density at radius 1 is 1.27 bits per heavy atom. The van der Waals surface area contributed by atoms with Gasteiger partial charge < -0.3 is 10.0 Å². The molecule has 6 heteroatoms. The van der Waals surface area contributed by atoms with Crippen molar-refractivity contribution in [1.29, 1.82) is 0 Å². The van der Waals surface area contributed by atoms with Crippen LogP contribution < -0.4 is 4.90 Å². The second-order valence-electron chi connectivity index (χ2n) is 4.92. The molecular formula is C16H18N2O3S. The third kappa shape index (κ3) is 4.66. The van der Waals surface area contributed by atoms with Crippen LogP contribution in [0.1, 0.15) is 23.5 Å². The summed E-state index contributed by atoms with van der Waals surface area (Å²) in [5.41, 5.74) is 1.60. The molecule has 0 aliphatic rings. The summed E-state index contributed by atoms with van der Waals surface area (Å²) in [5.74, 6) is -1.20. The van der Waals surface area contributed by atoms with Crippen LogP contribution in [0.4, 0.5) is 5.69 Å². The second kappa shape index (κ2) is 7.70. The first-order valence-corrected chi connectivity index (χ1v) is 7.92. The predicted octanol–water partition coefficient (Wildman–Crippen LogP) is 2.89. The van der Waals surface area contributed by atoms with Crippen LogP contribution in [0.15, 0.2) is 35.7 Å². The fourth-order valence-corrected chi connectivity index (χ4v) is 2.79. The topological polar surface area (TPSA) is 70.5 Å². The third-order valence-electron chi connectivity index (χ3n) is 3.15. The molecule has 0 unspecified atom stereocenters. The van der Waals surface area contributed by atoms with Crippen molar-refractivity contribution >= 4 is 28.9 Å². The fraction of sp³-hybridized carbons (Fsp3) is 0.312. The van der Waals surface area contributed by atoms with Crippen molar-refractivity contribution < 1.29 is 14.7 Å². The van der Waals surface area contributed by atoms with Crippen molar-refractivity contribution in [2.24, 2.45) is 0 Å². The van der Waals surface area contributed by atoms with E-state index in [1.165, 1.54) is 4.90 Å². The number of amides is 1. The van der Waals surface area contributed by atoms with Gasteiger partial charge >= 0.3 is 5.97 Å². The molecule has 1 heterocycles. The summed E-state index contributed by atoms with van der Waals surface area (Å²) in [6.45, 7) is 1.63. The zero-order valence-electron chi connectivity index (χ0n) is 12.4. The van der Waals surface area contributed by atoms with Crippen LogP contribution >= 0.6 is 11.3 Å². The normalized spacial score (nSPS) is 10.4. The monoisotopic (exact) mass is 318 g/mol. The quantitative estimate of drug-likeness (QED) is 0.852. The van der Waals surface area contributed by atoms with E-state index in [0.717, 1.165) is 17.1 Å². The lowest BCUT2D eigenvalue weighted by molar-refractivity contribution is -0.136. The molecule has 0 fully saturated rings. The molecule has 2 aromatic rings.